The average Bonchev–Trinajstić information content (AvgIpc) is 3.07. The van der Waals surface area contributed by atoms with Gasteiger partial charge in [-0.05, 0) is 25.1 Å². The van der Waals surface area contributed by atoms with E-state index in [-0.39, 0.29) is 24.4 Å². The standard InChI is InChI=1S/C16H19N3O6/c1-10(23-3)15-17-13(25-18-15)8-19(2)16(22)11-5-4-6-12(7-11)24-9-14(20)21/h4-7,10H,8-9H2,1-3H3,(H,20,21). The van der Waals surface area contributed by atoms with Gasteiger partial charge in [0.05, 0.1) is 6.54 Å². The van der Waals surface area contributed by atoms with E-state index < -0.39 is 12.6 Å². The highest BCUT2D eigenvalue weighted by Crippen LogP contribution is 2.16. The van der Waals surface area contributed by atoms with Crippen LogP contribution in [0.1, 0.15) is 35.1 Å². The van der Waals surface area contributed by atoms with E-state index in [1.807, 2.05) is 0 Å². The minimum atomic E-state index is -1.09. The maximum atomic E-state index is 12.5. The van der Waals surface area contributed by atoms with Crippen molar-refractivity contribution in [3.05, 3.63) is 41.5 Å². The summed E-state index contributed by atoms with van der Waals surface area (Å²) >= 11 is 0. The van der Waals surface area contributed by atoms with Gasteiger partial charge < -0.3 is 24.0 Å². The Balaban J connectivity index is 2.03. The van der Waals surface area contributed by atoms with E-state index in [4.69, 9.17) is 19.1 Å². The van der Waals surface area contributed by atoms with Crippen molar-refractivity contribution in [2.24, 2.45) is 0 Å². The molecule has 0 aliphatic carbocycles. The molecule has 1 aromatic carbocycles. The van der Waals surface area contributed by atoms with E-state index in [2.05, 4.69) is 10.1 Å². The number of amides is 1. The number of methoxy groups -OCH3 is 1. The molecule has 25 heavy (non-hydrogen) atoms. The monoisotopic (exact) mass is 349 g/mol. The molecule has 2 aromatic rings. The molecule has 0 spiro atoms. The van der Waals surface area contributed by atoms with Crippen molar-refractivity contribution >= 4 is 11.9 Å². The van der Waals surface area contributed by atoms with Crippen LogP contribution in [0.5, 0.6) is 5.75 Å². The third-order valence-electron chi connectivity index (χ3n) is 3.36. The van der Waals surface area contributed by atoms with E-state index in [0.717, 1.165) is 0 Å². The first-order chi connectivity index (χ1) is 11.9. The Morgan fingerprint density at radius 2 is 2.16 bits per heavy atom. The SMILES string of the molecule is COC(C)c1noc(CN(C)C(=O)c2cccc(OCC(=O)O)c2)n1. The highest BCUT2D eigenvalue weighted by molar-refractivity contribution is 5.94. The van der Waals surface area contributed by atoms with Crippen LogP contribution in [0.3, 0.4) is 0 Å². The van der Waals surface area contributed by atoms with Crippen LogP contribution in [0.25, 0.3) is 0 Å². The zero-order chi connectivity index (χ0) is 18.4. The summed E-state index contributed by atoms with van der Waals surface area (Å²) in [6, 6.07) is 6.28. The Morgan fingerprint density at radius 3 is 2.84 bits per heavy atom. The predicted octanol–water partition coefficient (Wildman–Crippen LogP) is 1.51. The second kappa shape index (κ2) is 8.25. The molecule has 1 heterocycles. The number of aromatic nitrogens is 2. The van der Waals surface area contributed by atoms with Gasteiger partial charge >= 0.3 is 5.97 Å². The third-order valence-corrected chi connectivity index (χ3v) is 3.36. The van der Waals surface area contributed by atoms with Gasteiger partial charge in [0.15, 0.2) is 12.4 Å². The number of carboxylic acid groups (broad SMARTS) is 1. The molecule has 0 radical (unpaired) electrons. The van der Waals surface area contributed by atoms with E-state index in [9.17, 15) is 9.59 Å². The molecule has 2 rings (SSSR count). The van der Waals surface area contributed by atoms with Gasteiger partial charge in [-0.1, -0.05) is 11.2 Å². The molecule has 0 aliphatic rings. The Bertz CT molecular complexity index is 745. The minimum Gasteiger partial charge on any atom is -0.482 e. The van der Waals surface area contributed by atoms with Crippen molar-refractivity contribution in [1.29, 1.82) is 0 Å². The fraction of sp³-hybridized carbons (Fsp3) is 0.375. The summed E-state index contributed by atoms with van der Waals surface area (Å²) in [5.74, 6) is -0.391. The topological polar surface area (TPSA) is 115 Å². The average molecular weight is 349 g/mol. The van der Waals surface area contributed by atoms with Gasteiger partial charge in [-0.25, -0.2) is 4.79 Å². The summed E-state index contributed by atoms with van der Waals surface area (Å²) < 4.78 is 15.3. The van der Waals surface area contributed by atoms with Crippen LogP contribution in [-0.2, 0) is 16.1 Å². The molecule has 0 fully saturated rings. The van der Waals surface area contributed by atoms with Crippen LogP contribution in [0.4, 0.5) is 0 Å². The van der Waals surface area contributed by atoms with Crippen molar-refractivity contribution in [2.75, 3.05) is 20.8 Å². The Hall–Kier alpha value is -2.94. The van der Waals surface area contributed by atoms with E-state index in [0.29, 0.717) is 17.1 Å². The van der Waals surface area contributed by atoms with Crippen LogP contribution >= 0.6 is 0 Å². The number of carbonyl (C=O) groups is 2. The number of carbonyl (C=O) groups excluding carboxylic acids is 1. The van der Waals surface area contributed by atoms with Crippen molar-refractivity contribution in [1.82, 2.24) is 15.0 Å². The molecule has 0 saturated heterocycles. The number of benzene rings is 1. The highest BCUT2D eigenvalue weighted by atomic mass is 16.5. The van der Waals surface area contributed by atoms with Gasteiger partial charge in [-0.2, -0.15) is 4.98 Å². The van der Waals surface area contributed by atoms with Gasteiger partial charge in [-0.15, -0.1) is 0 Å². The predicted molar refractivity (Wildman–Crippen MR) is 85.1 cm³/mol. The third kappa shape index (κ3) is 5.01. The molecule has 134 valence electrons. The van der Waals surface area contributed by atoms with Crippen molar-refractivity contribution in [3.8, 4) is 5.75 Å². The maximum absolute atomic E-state index is 12.5. The Kier molecular flexibility index (Phi) is 6.07. The molecule has 1 atom stereocenters. The van der Waals surface area contributed by atoms with Gasteiger partial charge in [0.1, 0.15) is 11.9 Å². The smallest absolute Gasteiger partial charge is 0.341 e. The zero-order valence-electron chi connectivity index (χ0n) is 14.1. The first kappa shape index (κ1) is 18.4. The number of rotatable bonds is 8. The van der Waals surface area contributed by atoms with Crippen LogP contribution < -0.4 is 4.74 Å². The second-order valence-corrected chi connectivity index (χ2v) is 5.30. The fourth-order valence-electron chi connectivity index (χ4n) is 1.96. The first-order valence-electron chi connectivity index (χ1n) is 7.46. The summed E-state index contributed by atoms with van der Waals surface area (Å²) in [5, 5.41) is 12.4. The number of ether oxygens (including phenoxy) is 2. The van der Waals surface area contributed by atoms with E-state index in [1.54, 1.807) is 32.2 Å². The van der Waals surface area contributed by atoms with Gasteiger partial charge in [-0.3, -0.25) is 4.79 Å². The Labute approximate surface area is 144 Å². The van der Waals surface area contributed by atoms with Crippen molar-refractivity contribution in [2.45, 2.75) is 19.6 Å². The molecule has 9 heteroatoms. The molecular formula is C16H19N3O6. The molecule has 0 aliphatic heterocycles. The van der Waals surface area contributed by atoms with E-state index >= 15 is 0 Å². The lowest BCUT2D eigenvalue weighted by Crippen LogP contribution is -2.26. The quantitative estimate of drug-likeness (QED) is 0.762. The molecule has 1 N–H and O–H groups in total. The molecule has 0 saturated carbocycles. The van der Waals surface area contributed by atoms with Crippen LogP contribution in [0.2, 0.25) is 0 Å². The zero-order valence-corrected chi connectivity index (χ0v) is 14.1. The van der Waals surface area contributed by atoms with E-state index in [1.165, 1.54) is 18.1 Å². The summed E-state index contributed by atoms with van der Waals surface area (Å²) in [6.07, 6.45) is -0.304. The number of carboxylic acids is 1. The number of hydrogen-bond acceptors (Lipinski definition) is 7. The molecule has 0 bridgehead atoms. The lowest BCUT2D eigenvalue weighted by atomic mass is 10.2. The Morgan fingerprint density at radius 1 is 1.40 bits per heavy atom. The summed E-state index contributed by atoms with van der Waals surface area (Å²) in [4.78, 5) is 28.6. The van der Waals surface area contributed by atoms with Gasteiger partial charge in [0.2, 0.25) is 5.89 Å². The van der Waals surface area contributed by atoms with Crippen molar-refractivity contribution in [3.63, 3.8) is 0 Å². The van der Waals surface area contributed by atoms with Crippen LogP contribution in [0.15, 0.2) is 28.8 Å². The van der Waals surface area contributed by atoms with Crippen LogP contribution in [0, 0.1) is 0 Å². The lowest BCUT2D eigenvalue weighted by Gasteiger charge is -2.15. The first-order valence-corrected chi connectivity index (χ1v) is 7.46. The molecule has 9 nitrogen and oxygen atoms in total. The summed E-state index contributed by atoms with van der Waals surface area (Å²) in [6.45, 7) is 1.44. The largest absolute Gasteiger partial charge is 0.482 e. The lowest BCUT2D eigenvalue weighted by molar-refractivity contribution is -0.139. The summed E-state index contributed by atoms with van der Waals surface area (Å²) in [5.41, 5.74) is 0.357. The highest BCUT2D eigenvalue weighted by Gasteiger charge is 2.18. The number of aliphatic carboxylic acids is 1. The fourth-order valence-corrected chi connectivity index (χ4v) is 1.96. The molecule has 1 unspecified atom stereocenters. The number of nitrogens with zero attached hydrogens (tertiary/aromatic N) is 3. The summed E-state index contributed by atoms with van der Waals surface area (Å²) in [7, 11) is 3.13. The maximum Gasteiger partial charge on any atom is 0.341 e. The minimum absolute atomic E-state index is 0.127. The molecule has 1 aromatic heterocycles. The normalized spacial score (nSPS) is 11.8. The van der Waals surface area contributed by atoms with Crippen LogP contribution in [-0.4, -0.2) is 52.8 Å². The van der Waals surface area contributed by atoms with Crippen molar-refractivity contribution < 1.29 is 28.7 Å². The molecular weight excluding hydrogens is 330 g/mol. The molecule has 1 amide bonds. The number of hydrogen-bond donors (Lipinski definition) is 1. The second-order valence-electron chi connectivity index (χ2n) is 5.30. The van der Waals surface area contributed by atoms with Gasteiger partial charge in [0, 0.05) is 19.7 Å². The van der Waals surface area contributed by atoms with Gasteiger partial charge in [0.25, 0.3) is 5.91 Å².